The third-order valence-corrected chi connectivity index (χ3v) is 2.17. The molecule has 3 N–H and O–H groups in total. The van der Waals surface area contributed by atoms with Gasteiger partial charge in [0.25, 0.3) is 0 Å². The van der Waals surface area contributed by atoms with Crippen LogP contribution in [0.15, 0.2) is 24.5 Å². The van der Waals surface area contributed by atoms with Gasteiger partial charge in [-0.05, 0) is 11.6 Å². The molecule has 0 saturated heterocycles. The summed E-state index contributed by atoms with van der Waals surface area (Å²) in [6.45, 7) is 2.00. The fourth-order valence-electron chi connectivity index (χ4n) is 1.08. The van der Waals surface area contributed by atoms with Crippen molar-refractivity contribution in [3.05, 3.63) is 30.1 Å². The molecule has 0 saturated carbocycles. The van der Waals surface area contributed by atoms with Gasteiger partial charge in [-0.25, -0.2) is 4.79 Å². The van der Waals surface area contributed by atoms with Crippen LogP contribution in [0.2, 0.25) is 0 Å². The molecule has 0 spiro atoms. The number of carboxylic acid groups (broad SMARTS) is 1. The van der Waals surface area contributed by atoms with Crippen LogP contribution in [0.5, 0.6) is 0 Å². The van der Waals surface area contributed by atoms with E-state index in [9.17, 15) is 9.59 Å². The quantitative estimate of drug-likeness (QED) is 0.699. The SMILES string of the molecule is CC(CNC(=O)NCc1cccnc1)C(=O)O. The van der Waals surface area contributed by atoms with Gasteiger partial charge >= 0.3 is 12.0 Å². The molecule has 0 fully saturated rings. The van der Waals surface area contributed by atoms with Crippen molar-refractivity contribution in [2.45, 2.75) is 13.5 Å². The molecule has 2 amide bonds. The van der Waals surface area contributed by atoms with E-state index >= 15 is 0 Å². The van der Waals surface area contributed by atoms with E-state index in [1.165, 1.54) is 6.92 Å². The molecule has 0 aromatic carbocycles. The Labute approximate surface area is 99.1 Å². The summed E-state index contributed by atoms with van der Waals surface area (Å²) in [4.78, 5) is 25.7. The van der Waals surface area contributed by atoms with Crippen LogP contribution >= 0.6 is 0 Å². The number of hydrogen-bond acceptors (Lipinski definition) is 3. The maximum atomic E-state index is 11.3. The van der Waals surface area contributed by atoms with Crippen molar-refractivity contribution in [2.75, 3.05) is 6.54 Å². The van der Waals surface area contributed by atoms with E-state index < -0.39 is 11.9 Å². The van der Waals surface area contributed by atoms with Crippen LogP contribution in [0, 0.1) is 5.92 Å². The minimum Gasteiger partial charge on any atom is -0.481 e. The van der Waals surface area contributed by atoms with Gasteiger partial charge in [0.15, 0.2) is 0 Å². The number of nitrogens with one attached hydrogen (secondary N) is 2. The fourth-order valence-corrected chi connectivity index (χ4v) is 1.08. The Morgan fingerprint density at radius 2 is 2.24 bits per heavy atom. The molecule has 1 rings (SSSR count). The zero-order chi connectivity index (χ0) is 12.7. The summed E-state index contributed by atoms with van der Waals surface area (Å²) in [6, 6.07) is 3.23. The predicted molar refractivity (Wildman–Crippen MR) is 61.3 cm³/mol. The Bertz CT molecular complexity index is 381. The highest BCUT2D eigenvalue weighted by molar-refractivity contribution is 5.75. The van der Waals surface area contributed by atoms with Crippen LogP contribution in [0.1, 0.15) is 12.5 Å². The lowest BCUT2D eigenvalue weighted by atomic mass is 10.2. The summed E-state index contributed by atoms with van der Waals surface area (Å²) < 4.78 is 0. The molecule has 92 valence electrons. The smallest absolute Gasteiger partial charge is 0.315 e. The molecule has 1 heterocycles. The Hall–Kier alpha value is -2.11. The molecule has 0 radical (unpaired) electrons. The lowest BCUT2D eigenvalue weighted by molar-refractivity contribution is -0.140. The second-order valence-electron chi connectivity index (χ2n) is 3.66. The monoisotopic (exact) mass is 237 g/mol. The summed E-state index contributed by atoms with van der Waals surface area (Å²) in [7, 11) is 0. The summed E-state index contributed by atoms with van der Waals surface area (Å²) in [5, 5.41) is 13.7. The van der Waals surface area contributed by atoms with Gasteiger partial charge < -0.3 is 15.7 Å². The van der Waals surface area contributed by atoms with Crippen molar-refractivity contribution in [1.29, 1.82) is 0 Å². The van der Waals surface area contributed by atoms with Crippen molar-refractivity contribution in [2.24, 2.45) is 5.92 Å². The number of urea groups is 1. The first-order valence-corrected chi connectivity index (χ1v) is 5.23. The van der Waals surface area contributed by atoms with Crippen LogP contribution in [-0.4, -0.2) is 28.6 Å². The van der Waals surface area contributed by atoms with E-state index in [2.05, 4.69) is 15.6 Å². The molecule has 0 aliphatic heterocycles. The van der Waals surface area contributed by atoms with Gasteiger partial charge in [-0.3, -0.25) is 9.78 Å². The van der Waals surface area contributed by atoms with Crippen molar-refractivity contribution >= 4 is 12.0 Å². The number of hydrogen-bond donors (Lipinski definition) is 3. The summed E-state index contributed by atoms with van der Waals surface area (Å²) in [5.74, 6) is -1.53. The van der Waals surface area contributed by atoms with Crippen LogP contribution in [0.3, 0.4) is 0 Å². The maximum absolute atomic E-state index is 11.3. The molecule has 1 aromatic heterocycles. The van der Waals surface area contributed by atoms with Crippen LogP contribution in [-0.2, 0) is 11.3 Å². The Balaban J connectivity index is 2.24. The molecule has 0 aliphatic carbocycles. The molecule has 1 unspecified atom stereocenters. The predicted octanol–water partition coefficient (Wildman–Crippen LogP) is 0.601. The molecule has 17 heavy (non-hydrogen) atoms. The van der Waals surface area contributed by atoms with Gasteiger partial charge in [-0.15, -0.1) is 0 Å². The third kappa shape index (κ3) is 4.96. The highest BCUT2D eigenvalue weighted by Gasteiger charge is 2.11. The number of pyridine rings is 1. The van der Waals surface area contributed by atoms with Gasteiger partial charge in [-0.2, -0.15) is 0 Å². The average molecular weight is 237 g/mol. The van der Waals surface area contributed by atoms with Crippen molar-refractivity contribution in [1.82, 2.24) is 15.6 Å². The van der Waals surface area contributed by atoms with E-state index in [0.717, 1.165) is 5.56 Å². The standard InChI is InChI=1S/C11H15N3O3/c1-8(10(15)16)5-13-11(17)14-7-9-3-2-4-12-6-9/h2-4,6,8H,5,7H2,1H3,(H,15,16)(H2,13,14,17). The Kier molecular flexibility index (Phi) is 4.93. The number of aromatic nitrogens is 1. The zero-order valence-corrected chi connectivity index (χ0v) is 9.51. The number of carboxylic acids is 1. The van der Waals surface area contributed by atoms with Crippen molar-refractivity contribution in [3.63, 3.8) is 0 Å². The lowest BCUT2D eigenvalue weighted by Gasteiger charge is -2.09. The molecule has 0 bridgehead atoms. The highest BCUT2D eigenvalue weighted by atomic mass is 16.4. The second-order valence-corrected chi connectivity index (χ2v) is 3.66. The number of amides is 2. The van der Waals surface area contributed by atoms with Crippen LogP contribution < -0.4 is 10.6 Å². The van der Waals surface area contributed by atoms with E-state index in [0.29, 0.717) is 6.54 Å². The first kappa shape index (κ1) is 13.0. The molecule has 6 nitrogen and oxygen atoms in total. The zero-order valence-electron chi connectivity index (χ0n) is 9.51. The first-order valence-electron chi connectivity index (χ1n) is 5.23. The van der Waals surface area contributed by atoms with Gasteiger partial charge in [0, 0.05) is 25.5 Å². The molecular weight excluding hydrogens is 222 g/mol. The molecular formula is C11H15N3O3. The number of nitrogens with zero attached hydrogens (tertiary/aromatic N) is 1. The summed E-state index contributed by atoms with van der Waals surface area (Å²) in [5.41, 5.74) is 0.883. The number of aliphatic carboxylic acids is 1. The highest BCUT2D eigenvalue weighted by Crippen LogP contribution is 1.94. The normalized spacial score (nSPS) is 11.6. The second kappa shape index (κ2) is 6.47. The largest absolute Gasteiger partial charge is 0.481 e. The molecule has 0 aliphatic rings. The van der Waals surface area contributed by atoms with Crippen molar-refractivity contribution in [3.8, 4) is 0 Å². The van der Waals surface area contributed by atoms with Gasteiger partial charge in [-0.1, -0.05) is 13.0 Å². The average Bonchev–Trinajstić information content (AvgIpc) is 2.34. The number of carbonyl (C=O) groups excluding carboxylic acids is 1. The molecule has 1 atom stereocenters. The fraction of sp³-hybridized carbons (Fsp3) is 0.364. The first-order chi connectivity index (χ1) is 8.09. The van der Waals surface area contributed by atoms with E-state index in [1.807, 2.05) is 6.07 Å². The minimum atomic E-state index is -0.933. The lowest BCUT2D eigenvalue weighted by Crippen LogP contribution is -2.38. The maximum Gasteiger partial charge on any atom is 0.315 e. The Morgan fingerprint density at radius 1 is 1.47 bits per heavy atom. The molecule has 1 aromatic rings. The molecule has 6 heteroatoms. The van der Waals surface area contributed by atoms with Gasteiger partial charge in [0.2, 0.25) is 0 Å². The van der Waals surface area contributed by atoms with Crippen molar-refractivity contribution < 1.29 is 14.7 Å². The summed E-state index contributed by atoms with van der Waals surface area (Å²) >= 11 is 0. The van der Waals surface area contributed by atoms with E-state index in [1.54, 1.807) is 18.5 Å². The number of carbonyl (C=O) groups is 2. The van der Waals surface area contributed by atoms with Gasteiger partial charge in [0.1, 0.15) is 0 Å². The van der Waals surface area contributed by atoms with E-state index in [-0.39, 0.29) is 12.6 Å². The van der Waals surface area contributed by atoms with E-state index in [4.69, 9.17) is 5.11 Å². The number of rotatable bonds is 5. The van der Waals surface area contributed by atoms with Gasteiger partial charge in [0.05, 0.1) is 5.92 Å². The van der Waals surface area contributed by atoms with Crippen LogP contribution in [0.25, 0.3) is 0 Å². The third-order valence-electron chi connectivity index (χ3n) is 2.17. The van der Waals surface area contributed by atoms with Crippen LogP contribution in [0.4, 0.5) is 4.79 Å². The summed E-state index contributed by atoms with van der Waals surface area (Å²) in [6.07, 6.45) is 3.30. The minimum absolute atomic E-state index is 0.105. The Morgan fingerprint density at radius 3 is 2.82 bits per heavy atom. The topological polar surface area (TPSA) is 91.3 Å².